The van der Waals surface area contributed by atoms with Gasteiger partial charge in [-0.1, -0.05) is 25.5 Å². The fourth-order valence-electron chi connectivity index (χ4n) is 2.06. The molecule has 1 aliphatic rings. The maximum Gasteiger partial charge on any atom is 0.494 e. The Balaban J connectivity index is 2.09. The fourth-order valence-corrected chi connectivity index (χ4v) is 2.06. The minimum Gasteiger partial charge on any atom is -0.494 e. The van der Waals surface area contributed by atoms with Crippen LogP contribution in [0.1, 0.15) is 47.5 Å². The quantitative estimate of drug-likeness (QED) is 0.610. The summed E-state index contributed by atoms with van der Waals surface area (Å²) in [5.74, 6) is 0.880. The van der Waals surface area contributed by atoms with E-state index in [1.165, 1.54) is 0 Å². The van der Waals surface area contributed by atoms with Crippen LogP contribution in [-0.4, -0.2) is 24.9 Å². The Morgan fingerprint density at radius 2 is 1.75 bits per heavy atom. The summed E-state index contributed by atoms with van der Waals surface area (Å²) in [4.78, 5) is 0. The largest absolute Gasteiger partial charge is 0.494 e. The molecular weight excluding hydrogens is 251 g/mol. The van der Waals surface area contributed by atoms with Gasteiger partial charge in [0.1, 0.15) is 5.75 Å². The molecule has 0 spiro atoms. The first-order valence-electron chi connectivity index (χ1n) is 7.44. The third kappa shape index (κ3) is 3.18. The zero-order chi connectivity index (χ0) is 14.8. The molecule has 1 heterocycles. The summed E-state index contributed by atoms with van der Waals surface area (Å²) in [6.07, 6.45) is 2.21. The van der Waals surface area contributed by atoms with Gasteiger partial charge in [0.2, 0.25) is 0 Å². The second-order valence-corrected chi connectivity index (χ2v) is 6.36. The zero-order valence-corrected chi connectivity index (χ0v) is 13.2. The molecule has 3 nitrogen and oxygen atoms in total. The molecule has 0 amide bonds. The van der Waals surface area contributed by atoms with Crippen LogP contribution in [0.2, 0.25) is 0 Å². The first kappa shape index (κ1) is 15.4. The zero-order valence-electron chi connectivity index (χ0n) is 13.2. The molecule has 110 valence electrons. The molecule has 0 aromatic heterocycles. The lowest BCUT2D eigenvalue weighted by atomic mass is 9.79. The Bertz CT molecular complexity index is 441. The molecule has 1 saturated heterocycles. The van der Waals surface area contributed by atoms with Gasteiger partial charge in [-0.3, -0.25) is 0 Å². The SMILES string of the molecule is CCCCOc1cccc(B2OC(C)(C)C(C)(C)O2)c1. The minimum atomic E-state index is -0.324. The average Bonchev–Trinajstić information content (AvgIpc) is 2.59. The van der Waals surface area contributed by atoms with E-state index in [4.69, 9.17) is 14.0 Å². The monoisotopic (exact) mass is 276 g/mol. The third-order valence-corrected chi connectivity index (χ3v) is 4.15. The lowest BCUT2D eigenvalue weighted by Gasteiger charge is -2.32. The number of benzene rings is 1. The standard InChI is InChI=1S/C16H25BO3/c1-6-7-11-18-14-10-8-9-13(12-14)17-19-15(2,3)16(4,5)20-17/h8-10,12H,6-7,11H2,1-5H3. The number of rotatable bonds is 5. The first-order valence-corrected chi connectivity index (χ1v) is 7.44. The second kappa shape index (κ2) is 5.78. The second-order valence-electron chi connectivity index (χ2n) is 6.36. The molecule has 1 aliphatic heterocycles. The smallest absolute Gasteiger partial charge is 0.494 e. The normalized spacial score (nSPS) is 20.1. The highest BCUT2D eigenvalue weighted by Crippen LogP contribution is 2.36. The number of hydrogen-bond acceptors (Lipinski definition) is 3. The summed E-state index contributed by atoms with van der Waals surface area (Å²) in [7, 11) is -0.324. The van der Waals surface area contributed by atoms with E-state index in [1.807, 2.05) is 24.3 Å². The van der Waals surface area contributed by atoms with E-state index in [2.05, 4.69) is 34.6 Å². The number of hydrogen-bond donors (Lipinski definition) is 0. The highest BCUT2D eigenvalue weighted by atomic mass is 16.7. The molecule has 20 heavy (non-hydrogen) atoms. The Morgan fingerprint density at radius 1 is 1.10 bits per heavy atom. The molecule has 0 atom stereocenters. The van der Waals surface area contributed by atoms with Crippen LogP contribution >= 0.6 is 0 Å². The average molecular weight is 276 g/mol. The van der Waals surface area contributed by atoms with E-state index >= 15 is 0 Å². The fraction of sp³-hybridized carbons (Fsp3) is 0.625. The highest BCUT2D eigenvalue weighted by molar-refractivity contribution is 6.62. The van der Waals surface area contributed by atoms with Crippen LogP contribution in [0.25, 0.3) is 0 Å². The molecule has 0 radical (unpaired) electrons. The molecule has 0 saturated carbocycles. The van der Waals surface area contributed by atoms with Gasteiger partial charge in [-0.15, -0.1) is 0 Å². The van der Waals surface area contributed by atoms with E-state index in [-0.39, 0.29) is 18.3 Å². The van der Waals surface area contributed by atoms with Crippen LogP contribution in [-0.2, 0) is 9.31 Å². The van der Waals surface area contributed by atoms with Crippen LogP contribution < -0.4 is 10.2 Å². The van der Waals surface area contributed by atoms with Crippen molar-refractivity contribution in [1.29, 1.82) is 0 Å². The van der Waals surface area contributed by atoms with Crippen molar-refractivity contribution in [2.45, 2.75) is 58.7 Å². The van der Waals surface area contributed by atoms with Gasteiger partial charge in [0.25, 0.3) is 0 Å². The van der Waals surface area contributed by atoms with Gasteiger partial charge in [0, 0.05) is 0 Å². The summed E-state index contributed by atoms with van der Waals surface area (Å²) < 4.78 is 17.8. The van der Waals surface area contributed by atoms with E-state index in [1.54, 1.807) is 0 Å². The molecule has 0 N–H and O–H groups in total. The van der Waals surface area contributed by atoms with Crippen LogP contribution in [0, 0.1) is 0 Å². The predicted molar refractivity (Wildman–Crippen MR) is 82.6 cm³/mol. The summed E-state index contributed by atoms with van der Waals surface area (Å²) in [5.41, 5.74) is 0.394. The van der Waals surface area contributed by atoms with E-state index in [0.717, 1.165) is 30.7 Å². The molecule has 0 aliphatic carbocycles. The lowest BCUT2D eigenvalue weighted by molar-refractivity contribution is 0.00578. The highest BCUT2D eigenvalue weighted by Gasteiger charge is 2.51. The Labute approximate surface area is 122 Å². The summed E-state index contributed by atoms with van der Waals surface area (Å²) in [6.45, 7) is 11.2. The predicted octanol–water partition coefficient (Wildman–Crippen LogP) is 3.16. The summed E-state index contributed by atoms with van der Waals surface area (Å²) in [5, 5.41) is 0. The van der Waals surface area contributed by atoms with Crippen LogP contribution in [0.3, 0.4) is 0 Å². The van der Waals surface area contributed by atoms with Gasteiger partial charge in [0.05, 0.1) is 17.8 Å². The van der Waals surface area contributed by atoms with Gasteiger partial charge in [-0.25, -0.2) is 0 Å². The number of ether oxygens (including phenoxy) is 1. The van der Waals surface area contributed by atoms with Crippen LogP contribution in [0.5, 0.6) is 5.75 Å². The van der Waals surface area contributed by atoms with E-state index in [9.17, 15) is 0 Å². The van der Waals surface area contributed by atoms with Gasteiger partial charge in [0.15, 0.2) is 0 Å². The van der Waals surface area contributed by atoms with Gasteiger partial charge in [-0.05, 0) is 51.7 Å². The summed E-state index contributed by atoms with van der Waals surface area (Å²) in [6, 6.07) is 8.00. The topological polar surface area (TPSA) is 27.7 Å². The summed E-state index contributed by atoms with van der Waals surface area (Å²) >= 11 is 0. The van der Waals surface area contributed by atoms with Crippen molar-refractivity contribution in [3.05, 3.63) is 24.3 Å². The maximum absolute atomic E-state index is 6.05. The molecule has 1 aromatic carbocycles. The van der Waals surface area contributed by atoms with Crippen molar-refractivity contribution >= 4 is 12.6 Å². The van der Waals surface area contributed by atoms with Crippen molar-refractivity contribution < 1.29 is 14.0 Å². The van der Waals surface area contributed by atoms with Gasteiger partial charge in [-0.2, -0.15) is 0 Å². The van der Waals surface area contributed by atoms with Crippen molar-refractivity contribution in [2.24, 2.45) is 0 Å². The van der Waals surface area contributed by atoms with Crippen molar-refractivity contribution in [3.8, 4) is 5.75 Å². The molecule has 1 aromatic rings. The number of unbranched alkanes of at least 4 members (excludes halogenated alkanes) is 1. The van der Waals surface area contributed by atoms with E-state index in [0.29, 0.717) is 0 Å². The molecule has 1 fully saturated rings. The molecule has 0 unspecified atom stereocenters. The van der Waals surface area contributed by atoms with Crippen molar-refractivity contribution in [1.82, 2.24) is 0 Å². The Morgan fingerprint density at radius 3 is 2.35 bits per heavy atom. The lowest BCUT2D eigenvalue weighted by Crippen LogP contribution is -2.41. The first-order chi connectivity index (χ1) is 9.36. The third-order valence-electron chi connectivity index (χ3n) is 4.15. The molecule has 0 bridgehead atoms. The van der Waals surface area contributed by atoms with Gasteiger partial charge >= 0.3 is 7.12 Å². The van der Waals surface area contributed by atoms with Crippen LogP contribution in [0.15, 0.2) is 24.3 Å². The van der Waals surface area contributed by atoms with Gasteiger partial charge < -0.3 is 14.0 Å². The van der Waals surface area contributed by atoms with E-state index < -0.39 is 0 Å². The van der Waals surface area contributed by atoms with Crippen LogP contribution in [0.4, 0.5) is 0 Å². The van der Waals surface area contributed by atoms with Crippen molar-refractivity contribution in [3.63, 3.8) is 0 Å². The molecular formula is C16H25BO3. The molecule has 2 rings (SSSR count). The maximum atomic E-state index is 6.05. The minimum absolute atomic E-state index is 0.309. The molecule has 4 heteroatoms. The van der Waals surface area contributed by atoms with Crippen molar-refractivity contribution in [2.75, 3.05) is 6.61 Å². The Hall–Kier alpha value is -0.995. The Kier molecular flexibility index (Phi) is 4.45.